The monoisotopic (exact) mass is 360 g/mol. The van der Waals surface area contributed by atoms with Gasteiger partial charge < -0.3 is 31.8 Å². The van der Waals surface area contributed by atoms with Gasteiger partial charge >= 0.3 is 0 Å². The number of aliphatic imine (C=N–C) groups is 1. The van der Waals surface area contributed by atoms with E-state index in [2.05, 4.69) is 32.2 Å². The molecule has 1 saturated heterocycles. The van der Waals surface area contributed by atoms with E-state index in [1.54, 1.807) is 0 Å². The van der Waals surface area contributed by atoms with Gasteiger partial charge in [0.15, 0.2) is 17.5 Å². The van der Waals surface area contributed by atoms with Crippen LogP contribution in [0.4, 0.5) is 5.82 Å². The number of guanidine groups is 1. The quantitative estimate of drug-likeness (QED) is 0.439. The molecule has 0 radical (unpaired) electrons. The zero-order valence-electron chi connectivity index (χ0n) is 15.6. The van der Waals surface area contributed by atoms with Gasteiger partial charge in [0.25, 0.3) is 0 Å². The number of aromatic nitrogens is 2. The Morgan fingerprint density at radius 3 is 2.69 bits per heavy atom. The molecule has 0 unspecified atom stereocenters. The average molecular weight is 360 g/mol. The van der Waals surface area contributed by atoms with E-state index in [4.69, 9.17) is 21.6 Å². The minimum Gasteiger partial charge on any atom is -0.485 e. The molecule has 0 atom stereocenters. The summed E-state index contributed by atoms with van der Waals surface area (Å²) in [6.45, 7) is 5.80. The van der Waals surface area contributed by atoms with Crippen molar-refractivity contribution in [1.82, 2.24) is 14.9 Å². The molecule has 1 aliphatic rings. The molecule has 1 fully saturated rings. The first-order chi connectivity index (χ1) is 12.4. The molecule has 6 N–H and O–H groups in total. The minimum absolute atomic E-state index is 0.114. The molecule has 1 aliphatic heterocycles. The first kappa shape index (κ1) is 19.6. The number of nitrogens with one attached hydrogen (secondary N) is 2. The summed E-state index contributed by atoms with van der Waals surface area (Å²) in [4.78, 5) is 15.3. The first-order valence-corrected chi connectivity index (χ1v) is 8.67. The number of nitrogens with two attached hydrogens (primary N) is 2. The van der Waals surface area contributed by atoms with Crippen LogP contribution in [-0.2, 0) is 0 Å². The van der Waals surface area contributed by atoms with Crippen LogP contribution in [0.25, 0.3) is 5.57 Å². The van der Waals surface area contributed by atoms with Crippen LogP contribution in [0.5, 0.6) is 5.75 Å². The summed E-state index contributed by atoms with van der Waals surface area (Å²) in [5, 5.41) is 10.5. The van der Waals surface area contributed by atoms with Crippen molar-refractivity contribution in [3.63, 3.8) is 0 Å². The third-order valence-electron chi connectivity index (χ3n) is 4.02. The van der Waals surface area contributed by atoms with Crippen molar-refractivity contribution in [2.75, 3.05) is 25.5 Å². The number of allylic oxidation sites excluding steroid dienone is 1. The highest BCUT2D eigenvalue weighted by molar-refractivity contribution is 6.09. The van der Waals surface area contributed by atoms with E-state index in [0.29, 0.717) is 22.8 Å². The predicted octanol–water partition coefficient (Wildman–Crippen LogP) is 1.03. The van der Waals surface area contributed by atoms with Crippen LogP contribution in [0.15, 0.2) is 17.5 Å². The maximum atomic E-state index is 7.51. The highest BCUT2D eigenvalue weighted by atomic mass is 16.5. The van der Waals surface area contributed by atoms with E-state index in [0.717, 1.165) is 32.1 Å². The first-order valence-electron chi connectivity index (χ1n) is 8.67. The fraction of sp³-hybridized carbons (Fsp3) is 0.529. The maximum absolute atomic E-state index is 7.51. The molecule has 0 bridgehead atoms. The van der Waals surface area contributed by atoms with Gasteiger partial charge in [0.1, 0.15) is 12.0 Å². The molecule has 0 amide bonds. The molecule has 0 spiro atoms. The van der Waals surface area contributed by atoms with Crippen LogP contribution in [0.2, 0.25) is 0 Å². The molecule has 26 heavy (non-hydrogen) atoms. The van der Waals surface area contributed by atoms with Crippen molar-refractivity contribution in [3.8, 4) is 5.75 Å². The number of hydrogen-bond acceptors (Lipinski definition) is 7. The fourth-order valence-corrected chi connectivity index (χ4v) is 2.69. The Hall–Kier alpha value is -2.68. The second-order valence-electron chi connectivity index (χ2n) is 6.51. The lowest BCUT2D eigenvalue weighted by molar-refractivity contribution is 0.241. The van der Waals surface area contributed by atoms with Crippen LogP contribution in [-0.4, -0.2) is 59.3 Å². The van der Waals surface area contributed by atoms with Crippen LogP contribution in [0, 0.1) is 5.41 Å². The largest absolute Gasteiger partial charge is 0.485 e. The van der Waals surface area contributed by atoms with Crippen LogP contribution in [0.1, 0.15) is 32.4 Å². The molecule has 0 aliphatic carbocycles. The summed E-state index contributed by atoms with van der Waals surface area (Å²) in [6.07, 6.45) is 5.63. The molecule has 9 heteroatoms. The number of piperidine rings is 1. The number of rotatable bonds is 6. The average Bonchev–Trinajstić information content (AvgIpc) is 2.60. The van der Waals surface area contributed by atoms with E-state index in [9.17, 15) is 0 Å². The summed E-state index contributed by atoms with van der Waals surface area (Å²) < 4.78 is 5.86. The maximum Gasteiger partial charge on any atom is 0.194 e. The number of likely N-dealkylation sites (tertiary alicyclic amines) is 1. The molecule has 2 rings (SSSR count). The van der Waals surface area contributed by atoms with E-state index >= 15 is 0 Å². The highest BCUT2D eigenvalue weighted by Gasteiger charge is 2.19. The smallest absolute Gasteiger partial charge is 0.194 e. The van der Waals surface area contributed by atoms with Crippen molar-refractivity contribution in [1.29, 1.82) is 5.41 Å². The van der Waals surface area contributed by atoms with E-state index in [1.807, 2.05) is 13.8 Å². The molecule has 1 aromatic rings. The zero-order valence-corrected chi connectivity index (χ0v) is 15.6. The number of ether oxygens (including phenoxy) is 1. The van der Waals surface area contributed by atoms with Crippen molar-refractivity contribution >= 4 is 23.6 Å². The van der Waals surface area contributed by atoms with Gasteiger partial charge in [0.2, 0.25) is 0 Å². The molecule has 0 saturated carbocycles. The lowest BCUT2D eigenvalue weighted by Crippen LogP contribution is -2.34. The molecular weight excluding hydrogens is 332 g/mol. The zero-order chi connectivity index (χ0) is 19.1. The molecule has 142 valence electrons. The van der Waals surface area contributed by atoms with Crippen molar-refractivity contribution in [3.05, 3.63) is 18.2 Å². The third-order valence-corrected chi connectivity index (χ3v) is 4.02. The molecule has 1 aromatic heterocycles. The summed E-state index contributed by atoms with van der Waals surface area (Å²) in [6, 6.07) is 0.190. The van der Waals surface area contributed by atoms with Gasteiger partial charge in [-0.25, -0.2) is 15.0 Å². The standard InChI is InChI=1S/C17H28N8O/c1-11(2)26-15-14(12(8-18)9-19)21-10-22-16(15)24-17(20)23-13-4-6-25(3)7-5-13/h8-11,13,18H,4-7,19H2,1-3H3,(H3,20,21,22,23,24)/b12-9+,18-8?. The third kappa shape index (κ3) is 5.16. The van der Waals surface area contributed by atoms with Gasteiger partial charge in [-0.1, -0.05) is 0 Å². The SMILES string of the molecule is CC(C)Oc1c(NC(N)=NC2CCN(C)CC2)ncnc1/C(C=N)=C/N. The van der Waals surface area contributed by atoms with E-state index in [1.165, 1.54) is 12.5 Å². The van der Waals surface area contributed by atoms with Crippen molar-refractivity contribution in [2.24, 2.45) is 16.5 Å². The Labute approximate surface area is 154 Å². The lowest BCUT2D eigenvalue weighted by Gasteiger charge is -2.26. The van der Waals surface area contributed by atoms with Crippen molar-refractivity contribution < 1.29 is 4.74 Å². The lowest BCUT2D eigenvalue weighted by atomic mass is 10.1. The van der Waals surface area contributed by atoms with Gasteiger partial charge in [0, 0.05) is 18.0 Å². The Bertz CT molecular complexity index is 677. The summed E-state index contributed by atoms with van der Waals surface area (Å²) in [5.74, 6) is 1.08. The summed E-state index contributed by atoms with van der Waals surface area (Å²) >= 11 is 0. The highest BCUT2D eigenvalue weighted by Crippen LogP contribution is 2.30. The summed E-state index contributed by atoms with van der Waals surface area (Å²) in [7, 11) is 2.10. The van der Waals surface area contributed by atoms with E-state index < -0.39 is 0 Å². The Morgan fingerprint density at radius 2 is 2.12 bits per heavy atom. The fourth-order valence-electron chi connectivity index (χ4n) is 2.69. The molecule has 2 heterocycles. The van der Waals surface area contributed by atoms with Gasteiger partial charge in [-0.05, 0) is 46.8 Å². The Kier molecular flexibility index (Phi) is 6.90. The molecule has 0 aromatic carbocycles. The van der Waals surface area contributed by atoms with Crippen LogP contribution >= 0.6 is 0 Å². The van der Waals surface area contributed by atoms with Gasteiger partial charge in [0.05, 0.1) is 12.1 Å². The second-order valence-corrected chi connectivity index (χ2v) is 6.51. The van der Waals surface area contributed by atoms with Gasteiger partial charge in [-0.15, -0.1) is 0 Å². The molecular formula is C17H28N8O. The summed E-state index contributed by atoms with van der Waals surface area (Å²) in [5.41, 5.74) is 12.5. The van der Waals surface area contributed by atoms with Crippen LogP contribution < -0.4 is 21.5 Å². The molecule has 9 nitrogen and oxygen atoms in total. The Balaban J connectivity index is 2.27. The van der Waals surface area contributed by atoms with Gasteiger partial charge in [-0.3, -0.25) is 0 Å². The number of hydrogen-bond donors (Lipinski definition) is 4. The van der Waals surface area contributed by atoms with Crippen molar-refractivity contribution in [2.45, 2.75) is 38.8 Å². The number of anilines is 1. The minimum atomic E-state index is -0.114. The topological polar surface area (TPSA) is 139 Å². The normalized spacial score (nSPS) is 17.4. The number of nitrogens with zero attached hydrogens (tertiary/aromatic N) is 4. The van der Waals surface area contributed by atoms with Gasteiger partial charge in [-0.2, -0.15) is 0 Å². The Morgan fingerprint density at radius 1 is 1.42 bits per heavy atom. The second kappa shape index (κ2) is 9.14. The predicted molar refractivity (Wildman–Crippen MR) is 105 cm³/mol. The van der Waals surface area contributed by atoms with Crippen LogP contribution in [0.3, 0.4) is 0 Å². The van der Waals surface area contributed by atoms with E-state index in [-0.39, 0.29) is 18.1 Å².